The molecule has 0 fully saturated rings. The van der Waals surface area contributed by atoms with Crippen molar-refractivity contribution >= 4 is 0 Å². The molecule has 0 atom stereocenters. The third kappa shape index (κ3) is 3.31. The molecule has 1 N–H and O–H groups in total. The van der Waals surface area contributed by atoms with Gasteiger partial charge in [0.05, 0.1) is 6.61 Å². The summed E-state index contributed by atoms with van der Waals surface area (Å²) in [6, 6.07) is 7.65. The minimum absolute atomic E-state index is 0.0951. The summed E-state index contributed by atoms with van der Waals surface area (Å²) >= 11 is 0. The smallest absolute Gasteiger partial charge is 0.0681 e. The van der Waals surface area contributed by atoms with Gasteiger partial charge in [-0.05, 0) is 17.7 Å². The van der Waals surface area contributed by atoms with Crippen LogP contribution in [0.1, 0.15) is 25.0 Å². The van der Waals surface area contributed by atoms with Crippen LogP contribution in [-0.2, 0) is 6.61 Å². The zero-order valence-corrected chi connectivity index (χ0v) is 8.04. The molecule has 1 aromatic rings. The predicted octanol–water partition coefficient (Wildman–Crippen LogP) is 2.19. The minimum Gasteiger partial charge on any atom is -0.392 e. The van der Waals surface area contributed by atoms with Gasteiger partial charge in [-0.25, -0.2) is 0 Å². The van der Waals surface area contributed by atoms with E-state index in [1.165, 1.54) is 0 Å². The Bertz CT molecular complexity index is 311. The third-order valence-electron chi connectivity index (χ3n) is 1.64. The molecule has 1 rings (SSSR count). The summed E-state index contributed by atoms with van der Waals surface area (Å²) in [5, 5.41) is 8.81. The zero-order chi connectivity index (χ0) is 9.68. The van der Waals surface area contributed by atoms with Crippen molar-refractivity contribution in [3.05, 3.63) is 35.4 Å². The van der Waals surface area contributed by atoms with E-state index in [-0.39, 0.29) is 6.61 Å². The Morgan fingerprint density at radius 3 is 2.31 bits per heavy atom. The van der Waals surface area contributed by atoms with Crippen LogP contribution in [0.5, 0.6) is 0 Å². The van der Waals surface area contributed by atoms with Crippen LogP contribution >= 0.6 is 0 Å². The molecular formula is C12H14O. The summed E-state index contributed by atoms with van der Waals surface area (Å²) in [5.74, 6) is 6.55. The molecule has 0 aliphatic carbocycles. The van der Waals surface area contributed by atoms with Crippen molar-refractivity contribution in [2.45, 2.75) is 20.5 Å². The highest BCUT2D eigenvalue weighted by atomic mass is 16.3. The van der Waals surface area contributed by atoms with Crippen molar-refractivity contribution in [3.8, 4) is 11.8 Å². The van der Waals surface area contributed by atoms with E-state index in [1.54, 1.807) is 0 Å². The Morgan fingerprint density at radius 1 is 1.23 bits per heavy atom. The number of rotatable bonds is 1. The lowest BCUT2D eigenvalue weighted by Gasteiger charge is -1.95. The predicted molar refractivity (Wildman–Crippen MR) is 54.1 cm³/mol. The van der Waals surface area contributed by atoms with Crippen molar-refractivity contribution in [1.29, 1.82) is 0 Å². The number of benzene rings is 1. The summed E-state index contributed by atoms with van der Waals surface area (Å²) in [6.07, 6.45) is 0. The van der Waals surface area contributed by atoms with Gasteiger partial charge in [-0.2, -0.15) is 0 Å². The molecule has 0 saturated heterocycles. The molecule has 0 saturated carbocycles. The fourth-order valence-electron chi connectivity index (χ4n) is 0.921. The van der Waals surface area contributed by atoms with E-state index in [1.807, 2.05) is 24.3 Å². The van der Waals surface area contributed by atoms with Crippen LogP contribution in [0, 0.1) is 17.8 Å². The fraction of sp³-hybridized carbons (Fsp3) is 0.333. The van der Waals surface area contributed by atoms with Crippen LogP contribution < -0.4 is 0 Å². The first-order chi connectivity index (χ1) is 6.22. The van der Waals surface area contributed by atoms with Crippen molar-refractivity contribution < 1.29 is 5.11 Å². The molecule has 0 spiro atoms. The zero-order valence-electron chi connectivity index (χ0n) is 8.04. The molecule has 0 heterocycles. The first-order valence-corrected chi connectivity index (χ1v) is 4.43. The number of hydrogen-bond donors (Lipinski definition) is 1. The Labute approximate surface area is 79.4 Å². The number of aliphatic hydroxyl groups excluding tert-OH is 1. The van der Waals surface area contributed by atoms with Gasteiger partial charge in [0.25, 0.3) is 0 Å². The Balaban J connectivity index is 2.77. The maximum absolute atomic E-state index is 8.81. The average Bonchev–Trinajstić information content (AvgIpc) is 2.15. The van der Waals surface area contributed by atoms with Gasteiger partial charge in [0.15, 0.2) is 0 Å². The molecule has 68 valence electrons. The van der Waals surface area contributed by atoms with Gasteiger partial charge in [-0.3, -0.25) is 0 Å². The first-order valence-electron chi connectivity index (χ1n) is 4.43. The quantitative estimate of drug-likeness (QED) is 0.647. The number of aliphatic hydroxyl groups is 1. The molecule has 1 nitrogen and oxygen atoms in total. The van der Waals surface area contributed by atoms with Crippen molar-refractivity contribution in [2.75, 3.05) is 0 Å². The average molecular weight is 174 g/mol. The minimum atomic E-state index is 0.0951. The topological polar surface area (TPSA) is 20.2 Å². The number of hydrogen-bond acceptors (Lipinski definition) is 1. The van der Waals surface area contributed by atoms with Crippen molar-refractivity contribution in [1.82, 2.24) is 0 Å². The monoisotopic (exact) mass is 174 g/mol. The second-order valence-electron chi connectivity index (χ2n) is 3.28. The largest absolute Gasteiger partial charge is 0.392 e. The molecule has 0 unspecified atom stereocenters. The van der Waals surface area contributed by atoms with E-state index in [0.29, 0.717) is 5.92 Å². The van der Waals surface area contributed by atoms with Crippen LogP contribution in [0.15, 0.2) is 24.3 Å². The molecule has 0 bridgehead atoms. The van der Waals surface area contributed by atoms with E-state index >= 15 is 0 Å². The van der Waals surface area contributed by atoms with Crippen LogP contribution in [0.3, 0.4) is 0 Å². The van der Waals surface area contributed by atoms with Gasteiger partial charge < -0.3 is 5.11 Å². The van der Waals surface area contributed by atoms with Crippen LogP contribution in [0.25, 0.3) is 0 Å². The highest BCUT2D eigenvalue weighted by Crippen LogP contribution is 2.03. The standard InChI is InChI=1S/C12H14O/c1-10(2)3-4-11-5-7-12(9-13)8-6-11/h5-8,10,13H,9H2,1-2H3. The molecule has 0 aromatic heterocycles. The third-order valence-corrected chi connectivity index (χ3v) is 1.64. The van der Waals surface area contributed by atoms with E-state index in [2.05, 4.69) is 25.7 Å². The summed E-state index contributed by atoms with van der Waals surface area (Å²) < 4.78 is 0. The highest BCUT2D eigenvalue weighted by molar-refractivity contribution is 5.36. The summed E-state index contributed by atoms with van der Waals surface area (Å²) in [4.78, 5) is 0. The molecule has 0 radical (unpaired) electrons. The normalized spacial score (nSPS) is 9.54. The second kappa shape index (κ2) is 4.69. The molecule has 0 aliphatic rings. The maximum Gasteiger partial charge on any atom is 0.0681 e. The fourth-order valence-corrected chi connectivity index (χ4v) is 0.921. The Morgan fingerprint density at radius 2 is 1.85 bits per heavy atom. The van der Waals surface area contributed by atoms with E-state index in [0.717, 1.165) is 11.1 Å². The molecular weight excluding hydrogens is 160 g/mol. The van der Waals surface area contributed by atoms with Gasteiger partial charge in [0.2, 0.25) is 0 Å². The Hall–Kier alpha value is -1.26. The van der Waals surface area contributed by atoms with E-state index < -0.39 is 0 Å². The molecule has 13 heavy (non-hydrogen) atoms. The lowest BCUT2D eigenvalue weighted by Crippen LogP contribution is -1.83. The summed E-state index contributed by atoms with van der Waals surface area (Å²) in [5.41, 5.74) is 1.93. The van der Waals surface area contributed by atoms with Crippen LogP contribution in [0.2, 0.25) is 0 Å². The van der Waals surface area contributed by atoms with Crippen LogP contribution in [0.4, 0.5) is 0 Å². The van der Waals surface area contributed by atoms with Gasteiger partial charge >= 0.3 is 0 Å². The maximum atomic E-state index is 8.81. The molecule has 0 aliphatic heterocycles. The second-order valence-corrected chi connectivity index (χ2v) is 3.28. The summed E-state index contributed by atoms with van der Waals surface area (Å²) in [7, 11) is 0. The first kappa shape index (κ1) is 9.83. The highest BCUT2D eigenvalue weighted by Gasteiger charge is 1.89. The van der Waals surface area contributed by atoms with Gasteiger partial charge in [-0.1, -0.05) is 37.8 Å². The van der Waals surface area contributed by atoms with Crippen LogP contribution in [-0.4, -0.2) is 5.11 Å². The lowest BCUT2D eigenvalue weighted by atomic mass is 10.1. The van der Waals surface area contributed by atoms with E-state index in [9.17, 15) is 0 Å². The van der Waals surface area contributed by atoms with E-state index in [4.69, 9.17) is 5.11 Å². The van der Waals surface area contributed by atoms with Gasteiger partial charge in [-0.15, -0.1) is 0 Å². The SMILES string of the molecule is CC(C)C#Cc1ccc(CO)cc1. The van der Waals surface area contributed by atoms with Gasteiger partial charge in [0.1, 0.15) is 0 Å². The summed E-state index contributed by atoms with van der Waals surface area (Å²) in [6.45, 7) is 4.22. The van der Waals surface area contributed by atoms with Gasteiger partial charge in [0, 0.05) is 11.5 Å². The molecule has 0 amide bonds. The van der Waals surface area contributed by atoms with Crippen molar-refractivity contribution in [2.24, 2.45) is 5.92 Å². The lowest BCUT2D eigenvalue weighted by molar-refractivity contribution is 0.282. The van der Waals surface area contributed by atoms with Crippen molar-refractivity contribution in [3.63, 3.8) is 0 Å². The molecule has 1 aromatic carbocycles. The molecule has 1 heteroatoms. The Kier molecular flexibility index (Phi) is 3.54.